The monoisotopic (exact) mass is 434 g/mol. The van der Waals surface area contributed by atoms with E-state index in [0.29, 0.717) is 17.1 Å². The standard InChI is InChI=1S/C25H26N2O5/c1-17-6-4-7-19(14-17)24(28)27-23(15-22-8-5-13-31-22)25(29)26-18(2)16-32-21-11-9-20(30-3)10-12-21/h4-15,18H,16H2,1-3H3,(H,26,29)(H,27,28)/b23-15-/t18-/m1/s1. The highest BCUT2D eigenvalue weighted by Crippen LogP contribution is 2.17. The fourth-order valence-corrected chi connectivity index (χ4v) is 2.89. The largest absolute Gasteiger partial charge is 0.497 e. The van der Waals surface area contributed by atoms with E-state index in [-0.39, 0.29) is 24.3 Å². The Morgan fingerprint density at radius 3 is 2.47 bits per heavy atom. The fraction of sp³-hybridized carbons (Fsp3) is 0.200. The average Bonchev–Trinajstić information content (AvgIpc) is 3.30. The van der Waals surface area contributed by atoms with Gasteiger partial charge in [-0.2, -0.15) is 0 Å². The quantitative estimate of drug-likeness (QED) is 0.498. The Balaban J connectivity index is 1.65. The van der Waals surface area contributed by atoms with Crippen LogP contribution in [0.1, 0.15) is 28.6 Å². The van der Waals surface area contributed by atoms with Crippen molar-refractivity contribution in [3.8, 4) is 11.5 Å². The van der Waals surface area contributed by atoms with Gasteiger partial charge in [-0.1, -0.05) is 17.7 Å². The Morgan fingerprint density at radius 1 is 1.06 bits per heavy atom. The minimum absolute atomic E-state index is 0.0720. The molecule has 7 nitrogen and oxygen atoms in total. The van der Waals surface area contributed by atoms with Crippen LogP contribution < -0.4 is 20.1 Å². The number of hydrogen-bond donors (Lipinski definition) is 2. The van der Waals surface area contributed by atoms with E-state index in [2.05, 4.69) is 10.6 Å². The molecule has 0 aliphatic carbocycles. The average molecular weight is 434 g/mol. The van der Waals surface area contributed by atoms with Crippen LogP contribution in [0.4, 0.5) is 0 Å². The zero-order chi connectivity index (χ0) is 22.9. The van der Waals surface area contributed by atoms with Crippen LogP contribution in [-0.4, -0.2) is 31.6 Å². The Morgan fingerprint density at radius 2 is 1.81 bits per heavy atom. The van der Waals surface area contributed by atoms with Crippen LogP contribution in [0, 0.1) is 6.92 Å². The number of furan rings is 1. The lowest BCUT2D eigenvalue weighted by Crippen LogP contribution is -2.41. The number of aryl methyl sites for hydroxylation is 1. The van der Waals surface area contributed by atoms with Gasteiger partial charge in [0.25, 0.3) is 11.8 Å². The molecular formula is C25H26N2O5. The normalized spacial score (nSPS) is 12.0. The lowest BCUT2D eigenvalue weighted by molar-refractivity contribution is -0.118. The van der Waals surface area contributed by atoms with Crippen molar-refractivity contribution in [2.24, 2.45) is 0 Å². The van der Waals surface area contributed by atoms with E-state index in [4.69, 9.17) is 13.9 Å². The Kier molecular flexibility index (Phi) is 7.70. The third-order valence-corrected chi connectivity index (χ3v) is 4.54. The van der Waals surface area contributed by atoms with Gasteiger partial charge in [0.1, 0.15) is 29.6 Å². The smallest absolute Gasteiger partial charge is 0.268 e. The number of hydrogen-bond acceptors (Lipinski definition) is 5. The van der Waals surface area contributed by atoms with Crippen molar-refractivity contribution in [1.82, 2.24) is 10.6 Å². The molecule has 2 amide bonds. The van der Waals surface area contributed by atoms with Crippen LogP contribution in [-0.2, 0) is 4.79 Å². The summed E-state index contributed by atoms with van der Waals surface area (Å²) in [7, 11) is 1.60. The number of rotatable bonds is 9. The fourth-order valence-electron chi connectivity index (χ4n) is 2.89. The van der Waals surface area contributed by atoms with Gasteiger partial charge in [-0.3, -0.25) is 9.59 Å². The molecule has 1 aromatic heterocycles. The zero-order valence-corrected chi connectivity index (χ0v) is 18.3. The minimum atomic E-state index is -0.451. The number of amides is 2. The summed E-state index contributed by atoms with van der Waals surface area (Å²) in [6, 6.07) is 17.4. The van der Waals surface area contributed by atoms with Gasteiger partial charge in [-0.05, 0) is 62.4 Å². The first-order valence-electron chi connectivity index (χ1n) is 10.2. The van der Waals surface area contributed by atoms with Crippen molar-refractivity contribution >= 4 is 17.9 Å². The molecule has 32 heavy (non-hydrogen) atoms. The van der Waals surface area contributed by atoms with Crippen LogP contribution >= 0.6 is 0 Å². The number of carbonyl (C=O) groups is 2. The maximum absolute atomic E-state index is 12.9. The summed E-state index contributed by atoms with van der Waals surface area (Å²) in [4.78, 5) is 25.6. The molecule has 3 rings (SSSR count). The van der Waals surface area contributed by atoms with Crippen LogP contribution in [0.3, 0.4) is 0 Å². The highest BCUT2D eigenvalue weighted by Gasteiger charge is 2.17. The van der Waals surface area contributed by atoms with Crippen molar-refractivity contribution in [2.45, 2.75) is 19.9 Å². The van der Waals surface area contributed by atoms with Gasteiger partial charge >= 0.3 is 0 Å². The van der Waals surface area contributed by atoms with Crippen LogP contribution in [0.5, 0.6) is 11.5 Å². The topological polar surface area (TPSA) is 89.8 Å². The van der Waals surface area contributed by atoms with E-state index in [1.807, 2.05) is 19.9 Å². The molecule has 0 fully saturated rings. The van der Waals surface area contributed by atoms with Gasteiger partial charge in [0.15, 0.2) is 0 Å². The lowest BCUT2D eigenvalue weighted by Gasteiger charge is -2.17. The van der Waals surface area contributed by atoms with E-state index < -0.39 is 5.91 Å². The molecule has 0 aliphatic rings. The van der Waals surface area contributed by atoms with Gasteiger partial charge in [0, 0.05) is 11.6 Å². The van der Waals surface area contributed by atoms with Crippen LogP contribution in [0.25, 0.3) is 6.08 Å². The van der Waals surface area contributed by atoms with Gasteiger partial charge in [-0.15, -0.1) is 0 Å². The summed E-state index contributed by atoms with van der Waals surface area (Å²) in [5, 5.41) is 5.53. The van der Waals surface area contributed by atoms with Crippen molar-refractivity contribution in [2.75, 3.05) is 13.7 Å². The zero-order valence-electron chi connectivity index (χ0n) is 18.3. The van der Waals surface area contributed by atoms with Crippen molar-refractivity contribution in [1.29, 1.82) is 0 Å². The predicted octanol–water partition coefficient (Wildman–Crippen LogP) is 3.95. The molecule has 0 spiro atoms. The first-order chi connectivity index (χ1) is 15.4. The highest BCUT2D eigenvalue weighted by molar-refractivity contribution is 6.05. The van der Waals surface area contributed by atoms with Crippen molar-refractivity contribution < 1.29 is 23.5 Å². The van der Waals surface area contributed by atoms with E-state index in [1.165, 1.54) is 12.3 Å². The van der Waals surface area contributed by atoms with Crippen LogP contribution in [0.2, 0.25) is 0 Å². The molecule has 2 N–H and O–H groups in total. The Hall–Kier alpha value is -4.00. The summed E-state index contributed by atoms with van der Waals surface area (Å²) >= 11 is 0. The molecular weight excluding hydrogens is 408 g/mol. The molecule has 1 atom stereocenters. The summed E-state index contributed by atoms with van der Waals surface area (Å²) < 4.78 is 16.2. The van der Waals surface area contributed by atoms with Gasteiger partial charge in [0.2, 0.25) is 0 Å². The van der Waals surface area contributed by atoms with Gasteiger partial charge in [0.05, 0.1) is 19.4 Å². The molecule has 0 radical (unpaired) electrons. The van der Waals surface area contributed by atoms with E-state index >= 15 is 0 Å². The Labute approximate surface area is 187 Å². The van der Waals surface area contributed by atoms with Gasteiger partial charge < -0.3 is 24.5 Å². The first-order valence-corrected chi connectivity index (χ1v) is 10.2. The molecule has 0 bridgehead atoms. The van der Waals surface area contributed by atoms with Gasteiger partial charge in [-0.25, -0.2) is 0 Å². The summed E-state index contributed by atoms with van der Waals surface area (Å²) in [6.07, 6.45) is 2.98. The molecule has 3 aromatic rings. The number of nitrogens with one attached hydrogen (secondary N) is 2. The van der Waals surface area contributed by atoms with E-state index in [0.717, 1.165) is 11.3 Å². The second-order valence-corrected chi connectivity index (χ2v) is 7.26. The molecule has 0 saturated carbocycles. The summed E-state index contributed by atoms with van der Waals surface area (Å²) in [5.41, 5.74) is 1.48. The third-order valence-electron chi connectivity index (χ3n) is 4.54. The number of ether oxygens (including phenoxy) is 2. The lowest BCUT2D eigenvalue weighted by atomic mass is 10.1. The number of methoxy groups -OCH3 is 1. The first kappa shape index (κ1) is 22.7. The second-order valence-electron chi connectivity index (χ2n) is 7.26. The highest BCUT2D eigenvalue weighted by atomic mass is 16.5. The SMILES string of the molecule is COc1ccc(OC[C@@H](C)NC(=O)/C(=C/c2ccco2)NC(=O)c2cccc(C)c2)cc1. The molecule has 1 heterocycles. The third kappa shape index (κ3) is 6.50. The number of benzene rings is 2. The Bertz CT molecular complexity index is 1070. The van der Waals surface area contributed by atoms with Crippen molar-refractivity contribution in [3.05, 3.63) is 89.5 Å². The summed E-state index contributed by atoms with van der Waals surface area (Å²) in [5.74, 6) is 1.00. The number of carbonyl (C=O) groups excluding carboxylic acids is 2. The minimum Gasteiger partial charge on any atom is -0.497 e. The maximum Gasteiger partial charge on any atom is 0.268 e. The molecule has 2 aromatic carbocycles. The summed E-state index contributed by atoms with van der Waals surface area (Å²) in [6.45, 7) is 3.96. The molecule has 166 valence electrons. The maximum atomic E-state index is 12.9. The molecule has 7 heteroatoms. The van der Waals surface area contributed by atoms with Crippen LogP contribution in [0.15, 0.2) is 77.0 Å². The molecule has 0 saturated heterocycles. The molecule has 0 aliphatic heterocycles. The predicted molar refractivity (Wildman–Crippen MR) is 121 cm³/mol. The van der Waals surface area contributed by atoms with E-state index in [1.54, 1.807) is 61.7 Å². The molecule has 0 unspecified atom stereocenters. The second kappa shape index (κ2) is 10.9. The van der Waals surface area contributed by atoms with Crippen molar-refractivity contribution in [3.63, 3.8) is 0 Å². The van der Waals surface area contributed by atoms with E-state index in [9.17, 15) is 9.59 Å².